The standard InChI is InChI=1S/C17H26O/c1-12-8-9-15(4)17(18,10-12)11-16-13(2)6-5-7-14(16)3/h5-7,12,15,18H,8-11H2,1-4H3. The summed E-state index contributed by atoms with van der Waals surface area (Å²) in [5.74, 6) is 1.06. The number of benzene rings is 1. The SMILES string of the molecule is Cc1cccc(C)c1CC1(O)CC(C)CCC1C. The van der Waals surface area contributed by atoms with Crippen LogP contribution in [0.5, 0.6) is 0 Å². The molecule has 0 spiro atoms. The van der Waals surface area contributed by atoms with Crippen molar-refractivity contribution in [2.24, 2.45) is 11.8 Å². The van der Waals surface area contributed by atoms with E-state index < -0.39 is 5.60 Å². The lowest BCUT2D eigenvalue weighted by Crippen LogP contribution is -2.44. The van der Waals surface area contributed by atoms with Crippen LogP contribution in [0.3, 0.4) is 0 Å². The lowest BCUT2D eigenvalue weighted by Gasteiger charge is -2.41. The fourth-order valence-corrected chi connectivity index (χ4v) is 3.39. The Hall–Kier alpha value is -0.820. The first-order valence-electron chi connectivity index (χ1n) is 7.20. The van der Waals surface area contributed by atoms with Gasteiger partial charge in [0.05, 0.1) is 5.60 Å². The molecule has 0 heterocycles. The normalized spacial score (nSPS) is 32.5. The Morgan fingerprint density at radius 1 is 1.17 bits per heavy atom. The molecule has 1 saturated carbocycles. The van der Waals surface area contributed by atoms with Gasteiger partial charge in [-0.05, 0) is 55.2 Å². The third kappa shape index (κ3) is 2.61. The topological polar surface area (TPSA) is 20.2 Å². The lowest BCUT2D eigenvalue weighted by molar-refractivity contribution is -0.0562. The first-order chi connectivity index (χ1) is 8.42. The highest BCUT2D eigenvalue weighted by molar-refractivity contribution is 5.34. The van der Waals surface area contributed by atoms with Crippen molar-refractivity contribution in [3.63, 3.8) is 0 Å². The Bertz CT molecular complexity index is 403. The van der Waals surface area contributed by atoms with Gasteiger partial charge in [0, 0.05) is 6.42 Å². The van der Waals surface area contributed by atoms with E-state index in [-0.39, 0.29) is 0 Å². The highest BCUT2D eigenvalue weighted by atomic mass is 16.3. The molecule has 1 heteroatoms. The van der Waals surface area contributed by atoms with Gasteiger partial charge in [0.2, 0.25) is 0 Å². The van der Waals surface area contributed by atoms with Crippen LogP contribution in [0, 0.1) is 25.7 Å². The van der Waals surface area contributed by atoms with Crippen LogP contribution < -0.4 is 0 Å². The zero-order chi connectivity index (χ0) is 13.3. The molecule has 0 aliphatic heterocycles. The van der Waals surface area contributed by atoms with Gasteiger partial charge in [-0.25, -0.2) is 0 Å². The third-order valence-corrected chi connectivity index (χ3v) is 4.84. The Kier molecular flexibility index (Phi) is 3.82. The van der Waals surface area contributed by atoms with Crippen molar-refractivity contribution in [3.05, 3.63) is 34.9 Å². The summed E-state index contributed by atoms with van der Waals surface area (Å²) in [7, 11) is 0. The molecule has 1 aliphatic rings. The maximum atomic E-state index is 11.0. The molecule has 2 rings (SSSR count). The molecular formula is C17H26O. The van der Waals surface area contributed by atoms with Crippen LogP contribution in [-0.4, -0.2) is 10.7 Å². The number of rotatable bonds is 2. The highest BCUT2D eigenvalue weighted by Gasteiger charge is 2.39. The van der Waals surface area contributed by atoms with Crippen molar-refractivity contribution in [1.82, 2.24) is 0 Å². The van der Waals surface area contributed by atoms with E-state index in [1.54, 1.807) is 0 Å². The number of hydrogen-bond donors (Lipinski definition) is 1. The first-order valence-corrected chi connectivity index (χ1v) is 7.20. The molecule has 100 valence electrons. The first kappa shape index (κ1) is 13.6. The van der Waals surface area contributed by atoms with E-state index in [0.29, 0.717) is 11.8 Å². The summed E-state index contributed by atoms with van der Waals surface area (Å²) < 4.78 is 0. The fraction of sp³-hybridized carbons (Fsp3) is 0.647. The van der Waals surface area contributed by atoms with Gasteiger partial charge >= 0.3 is 0 Å². The summed E-state index contributed by atoms with van der Waals surface area (Å²) in [6.45, 7) is 8.78. The molecule has 1 nitrogen and oxygen atoms in total. The molecule has 3 atom stereocenters. The molecule has 1 N–H and O–H groups in total. The lowest BCUT2D eigenvalue weighted by atomic mass is 9.69. The fourth-order valence-electron chi connectivity index (χ4n) is 3.39. The zero-order valence-electron chi connectivity index (χ0n) is 12.2. The van der Waals surface area contributed by atoms with Crippen molar-refractivity contribution in [1.29, 1.82) is 0 Å². The monoisotopic (exact) mass is 246 g/mol. The van der Waals surface area contributed by atoms with Crippen LogP contribution in [0.25, 0.3) is 0 Å². The minimum absolute atomic E-state index is 0.410. The largest absolute Gasteiger partial charge is 0.389 e. The van der Waals surface area contributed by atoms with Crippen molar-refractivity contribution in [2.45, 2.75) is 59.0 Å². The summed E-state index contributed by atoms with van der Waals surface area (Å²) >= 11 is 0. The van der Waals surface area contributed by atoms with E-state index >= 15 is 0 Å². The second kappa shape index (κ2) is 5.05. The maximum absolute atomic E-state index is 11.0. The molecule has 1 aliphatic carbocycles. The molecule has 18 heavy (non-hydrogen) atoms. The van der Waals surface area contributed by atoms with Gasteiger partial charge in [-0.2, -0.15) is 0 Å². The van der Waals surface area contributed by atoms with E-state index in [1.807, 2.05) is 0 Å². The summed E-state index contributed by atoms with van der Waals surface area (Å²) in [6.07, 6.45) is 4.18. The minimum Gasteiger partial charge on any atom is -0.389 e. The second-order valence-electron chi connectivity index (χ2n) is 6.44. The van der Waals surface area contributed by atoms with Crippen molar-refractivity contribution < 1.29 is 5.11 Å². The van der Waals surface area contributed by atoms with Crippen LogP contribution in [0.1, 0.15) is 49.8 Å². The van der Waals surface area contributed by atoms with E-state index in [1.165, 1.54) is 23.1 Å². The second-order valence-corrected chi connectivity index (χ2v) is 6.44. The van der Waals surface area contributed by atoms with Gasteiger partial charge in [0.15, 0.2) is 0 Å². The van der Waals surface area contributed by atoms with E-state index in [9.17, 15) is 5.11 Å². The molecule has 0 saturated heterocycles. The quantitative estimate of drug-likeness (QED) is 0.835. The van der Waals surface area contributed by atoms with Gasteiger partial charge < -0.3 is 5.11 Å². The summed E-state index contributed by atoms with van der Waals surface area (Å²) in [6, 6.07) is 6.41. The molecule has 1 fully saturated rings. The molecule has 0 bridgehead atoms. The number of aryl methyl sites for hydroxylation is 2. The molecular weight excluding hydrogens is 220 g/mol. The highest BCUT2D eigenvalue weighted by Crippen LogP contribution is 2.39. The van der Waals surface area contributed by atoms with Crippen LogP contribution in [0.2, 0.25) is 0 Å². The minimum atomic E-state index is -0.505. The van der Waals surface area contributed by atoms with Gasteiger partial charge in [0.1, 0.15) is 0 Å². The van der Waals surface area contributed by atoms with Gasteiger partial charge in [0.25, 0.3) is 0 Å². The number of aliphatic hydroxyl groups is 1. The van der Waals surface area contributed by atoms with Crippen molar-refractivity contribution >= 4 is 0 Å². The van der Waals surface area contributed by atoms with Gasteiger partial charge in [-0.1, -0.05) is 38.5 Å². The van der Waals surface area contributed by atoms with Crippen LogP contribution in [0.15, 0.2) is 18.2 Å². The summed E-state index contributed by atoms with van der Waals surface area (Å²) in [4.78, 5) is 0. The smallest absolute Gasteiger partial charge is 0.0716 e. The summed E-state index contributed by atoms with van der Waals surface area (Å²) in [5, 5.41) is 11.0. The van der Waals surface area contributed by atoms with Crippen LogP contribution in [-0.2, 0) is 6.42 Å². The van der Waals surface area contributed by atoms with E-state index in [4.69, 9.17) is 0 Å². The predicted octanol–water partition coefficient (Wildman–Crippen LogP) is 4.03. The third-order valence-electron chi connectivity index (χ3n) is 4.84. The van der Waals surface area contributed by atoms with Crippen molar-refractivity contribution in [2.75, 3.05) is 0 Å². The molecule has 3 unspecified atom stereocenters. The Balaban J connectivity index is 2.26. The average Bonchev–Trinajstić information content (AvgIpc) is 2.30. The molecule has 1 aromatic rings. The predicted molar refractivity (Wildman–Crippen MR) is 76.7 cm³/mol. The van der Waals surface area contributed by atoms with E-state index in [0.717, 1.165) is 19.3 Å². The Labute approximate surface area is 111 Å². The van der Waals surface area contributed by atoms with Crippen LogP contribution in [0.4, 0.5) is 0 Å². The zero-order valence-corrected chi connectivity index (χ0v) is 12.2. The molecule has 0 aromatic heterocycles. The maximum Gasteiger partial charge on any atom is 0.0716 e. The molecule has 0 radical (unpaired) electrons. The van der Waals surface area contributed by atoms with Crippen LogP contribution >= 0.6 is 0 Å². The van der Waals surface area contributed by atoms with E-state index in [2.05, 4.69) is 45.9 Å². The summed E-state index contributed by atoms with van der Waals surface area (Å²) in [5.41, 5.74) is 3.47. The van der Waals surface area contributed by atoms with Gasteiger partial charge in [-0.15, -0.1) is 0 Å². The number of hydrogen-bond acceptors (Lipinski definition) is 1. The van der Waals surface area contributed by atoms with Crippen molar-refractivity contribution in [3.8, 4) is 0 Å². The Morgan fingerprint density at radius 3 is 2.39 bits per heavy atom. The molecule has 1 aromatic carbocycles. The molecule has 0 amide bonds. The Morgan fingerprint density at radius 2 is 1.78 bits per heavy atom. The average molecular weight is 246 g/mol. The van der Waals surface area contributed by atoms with Gasteiger partial charge in [-0.3, -0.25) is 0 Å².